The molecule has 0 atom stereocenters. The number of aromatic nitrogens is 5. The van der Waals surface area contributed by atoms with E-state index in [2.05, 4.69) is 25.8 Å². The summed E-state index contributed by atoms with van der Waals surface area (Å²) in [4.78, 5) is 27.5. The number of Topliss-reactive ketones (excluding diaryl/α,β-unsaturated/α-hetero) is 1. The highest BCUT2D eigenvalue weighted by Gasteiger charge is 2.11. The number of benzene rings is 1. The van der Waals surface area contributed by atoms with Crippen molar-refractivity contribution in [2.75, 3.05) is 5.32 Å². The first kappa shape index (κ1) is 14.0. The summed E-state index contributed by atoms with van der Waals surface area (Å²) in [6.07, 6.45) is 1.44. The monoisotopic (exact) mass is 314 g/mol. The van der Waals surface area contributed by atoms with Crippen LogP contribution in [0.2, 0.25) is 0 Å². The fraction of sp³-hybridized carbons (Fsp3) is 0.0769. The van der Waals surface area contributed by atoms with Gasteiger partial charge in [-0.2, -0.15) is 0 Å². The molecular weight excluding hydrogens is 304 g/mol. The van der Waals surface area contributed by atoms with E-state index in [1.54, 1.807) is 29.6 Å². The number of anilines is 1. The zero-order valence-corrected chi connectivity index (χ0v) is 12.2. The third-order valence-corrected chi connectivity index (χ3v) is 3.56. The number of hydrogen-bond donors (Lipinski definition) is 1. The number of nitrogens with one attached hydrogen (secondary N) is 1. The van der Waals surface area contributed by atoms with Crippen LogP contribution < -0.4 is 5.32 Å². The number of carbonyl (C=O) groups excluding carboxylic acids is 2. The lowest BCUT2D eigenvalue weighted by Crippen LogP contribution is -2.12. The number of nitrogens with zero attached hydrogens (tertiary/aromatic N) is 5. The fourth-order valence-electron chi connectivity index (χ4n) is 1.73. The Hall–Kier alpha value is -2.94. The van der Waals surface area contributed by atoms with Crippen LogP contribution in [0.1, 0.15) is 27.8 Å². The summed E-state index contributed by atoms with van der Waals surface area (Å²) >= 11 is 1.20. The number of ketones is 1. The summed E-state index contributed by atoms with van der Waals surface area (Å²) in [7, 11) is 0. The number of carbonyl (C=O) groups is 2. The molecule has 0 aliphatic carbocycles. The second-order valence-corrected chi connectivity index (χ2v) is 5.21. The molecule has 2 aromatic heterocycles. The van der Waals surface area contributed by atoms with Crippen molar-refractivity contribution in [3.63, 3.8) is 0 Å². The van der Waals surface area contributed by atoms with Gasteiger partial charge in [-0.1, -0.05) is 6.07 Å². The van der Waals surface area contributed by atoms with Crippen molar-refractivity contribution in [3.8, 4) is 5.69 Å². The van der Waals surface area contributed by atoms with Crippen LogP contribution in [0.15, 0.2) is 36.0 Å². The third kappa shape index (κ3) is 2.88. The summed E-state index contributed by atoms with van der Waals surface area (Å²) in [5, 5.41) is 15.5. The topological polar surface area (TPSA) is 103 Å². The third-order valence-electron chi connectivity index (χ3n) is 2.81. The van der Waals surface area contributed by atoms with Gasteiger partial charge in [0.2, 0.25) is 0 Å². The quantitative estimate of drug-likeness (QED) is 0.733. The Morgan fingerprint density at radius 3 is 2.86 bits per heavy atom. The van der Waals surface area contributed by atoms with Crippen LogP contribution in [0.3, 0.4) is 0 Å². The molecule has 0 aliphatic heterocycles. The molecule has 0 unspecified atom stereocenters. The van der Waals surface area contributed by atoms with Crippen molar-refractivity contribution < 1.29 is 9.59 Å². The van der Waals surface area contributed by atoms with E-state index in [1.165, 1.54) is 29.3 Å². The maximum atomic E-state index is 12.2. The smallest absolute Gasteiger partial charge is 0.257 e. The first-order valence-electron chi connectivity index (χ1n) is 6.25. The Bertz CT molecular complexity index is 827. The lowest BCUT2D eigenvalue weighted by atomic mass is 10.2. The summed E-state index contributed by atoms with van der Waals surface area (Å²) in [6.45, 7) is 1.43. The second-order valence-electron chi connectivity index (χ2n) is 4.35. The normalized spacial score (nSPS) is 10.4. The van der Waals surface area contributed by atoms with Gasteiger partial charge in [0.1, 0.15) is 12.0 Å². The lowest BCUT2D eigenvalue weighted by molar-refractivity contribution is 0.100. The van der Waals surface area contributed by atoms with E-state index >= 15 is 0 Å². The van der Waals surface area contributed by atoms with E-state index in [0.29, 0.717) is 22.1 Å². The molecule has 3 aromatic rings. The van der Waals surface area contributed by atoms with Crippen molar-refractivity contribution in [1.82, 2.24) is 25.2 Å². The molecule has 1 aromatic carbocycles. The van der Waals surface area contributed by atoms with Gasteiger partial charge in [-0.3, -0.25) is 14.9 Å². The average molecular weight is 314 g/mol. The van der Waals surface area contributed by atoms with Gasteiger partial charge in [-0.05, 0) is 28.6 Å². The number of amides is 1. The molecule has 8 nitrogen and oxygen atoms in total. The van der Waals surface area contributed by atoms with E-state index < -0.39 is 0 Å². The van der Waals surface area contributed by atoms with Crippen molar-refractivity contribution in [2.45, 2.75) is 6.92 Å². The zero-order chi connectivity index (χ0) is 15.5. The number of hydrogen-bond acceptors (Lipinski definition) is 7. The van der Waals surface area contributed by atoms with Gasteiger partial charge in [0.05, 0.1) is 5.69 Å². The second kappa shape index (κ2) is 5.82. The Morgan fingerprint density at radius 1 is 1.32 bits per heavy atom. The van der Waals surface area contributed by atoms with Crippen molar-refractivity contribution in [2.24, 2.45) is 0 Å². The van der Waals surface area contributed by atoms with Gasteiger partial charge < -0.3 is 0 Å². The predicted molar refractivity (Wildman–Crippen MR) is 79.2 cm³/mol. The van der Waals surface area contributed by atoms with E-state index in [1.807, 2.05) is 0 Å². The Morgan fingerprint density at radius 2 is 2.18 bits per heavy atom. The highest BCUT2D eigenvalue weighted by Crippen LogP contribution is 2.17. The molecule has 110 valence electrons. The first-order valence-corrected chi connectivity index (χ1v) is 7.12. The number of rotatable bonds is 4. The van der Waals surface area contributed by atoms with Gasteiger partial charge in [-0.15, -0.1) is 16.4 Å². The lowest BCUT2D eigenvalue weighted by Gasteiger charge is -2.04. The molecule has 0 radical (unpaired) electrons. The molecule has 1 N–H and O–H groups in total. The molecule has 0 bridgehead atoms. The molecule has 0 spiro atoms. The van der Waals surface area contributed by atoms with E-state index in [0.717, 1.165) is 0 Å². The van der Waals surface area contributed by atoms with Crippen LogP contribution in [-0.4, -0.2) is 36.9 Å². The minimum atomic E-state index is -0.320. The molecule has 22 heavy (non-hydrogen) atoms. The number of thiazole rings is 1. The minimum Gasteiger partial charge on any atom is -0.298 e. The van der Waals surface area contributed by atoms with E-state index in [4.69, 9.17) is 0 Å². The molecule has 0 saturated carbocycles. The Balaban J connectivity index is 1.80. The van der Waals surface area contributed by atoms with Crippen molar-refractivity contribution >= 4 is 28.2 Å². The summed E-state index contributed by atoms with van der Waals surface area (Å²) in [5.41, 5.74) is 1.44. The van der Waals surface area contributed by atoms with Crippen molar-refractivity contribution in [1.29, 1.82) is 0 Å². The van der Waals surface area contributed by atoms with Gasteiger partial charge in [0, 0.05) is 17.9 Å². The molecule has 2 heterocycles. The van der Waals surface area contributed by atoms with Gasteiger partial charge in [-0.25, -0.2) is 9.67 Å². The van der Waals surface area contributed by atoms with Crippen LogP contribution in [0.4, 0.5) is 5.13 Å². The summed E-state index contributed by atoms with van der Waals surface area (Å²) in [6, 6.07) is 6.84. The van der Waals surface area contributed by atoms with Crippen molar-refractivity contribution in [3.05, 3.63) is 47.2 Å². The maximum absolute atomic E-state index is 12.2. The van der Waals surface area contributed by atoms with Crippen LogP contribution in [0, 0.1) is 0 Å². The highest BCUT2D eigenvalue weighted by atomic mass is 32.1. The Labute approximate surface area is 128 Å². The number of tetrazole rings is 1. The summed E-state index contributed by atoms with van der Waals surface area (Å²) < 4.78 is 1.45. The maximum Gasteiger partial charge on any atom is 0.257 e. The SMILES string of the molecule is CC(=O)c1csc(NC(=O)c2cccc(-n3cnnn3)c2)n1. The zero-order valence-electron chi connectivity index (χ0n) is 11.4. The summed E-state index contributed by atoms with van der Waals surface area (Å²) in [5.74, 6) is -0.461. The predicted octanol–water partition coefficient (Wildman–Crippen LogP) is 1.57. The largest absolute Gasteiger partial charge is 0.298 e. The van der Waals surface area contributed by atoms with Gasteiger partial charge in [0.25, 0.3) is 5.91 Å². The highest BCUT2D eigenvalue weighted by molar-refractivity contribution is 7.14. The van der Waals surface area contributed by atoms with Crippen LogP contribution in [-0.2, 0) is 0 Å². The van der Waals surface area contributed by atoms with Gasteiger partial charge in [0.15, 0.2) is 10.9 Å². The van der Waals surface area contributed by atoms with Gasteiger partial charge >= 0.3 is 0 Å². The Kier molecular flexibility index (Phi) is 3.71. The first-order chi connectivity index (χ1) is 10.6. The molecule has 1 amide bonds. The molecule has 0 aliphatic rings. The minimum absolute atomic E-state index is 0.141. The molecular formula is C13H10N6O2S. The standard InChI is InChI=1S/C13H10N6O2S/c1-8(20)11-6-22-13(15-11)16-12(21)9-3-2-4-10(5-9)19-7-14-17-18-19/h2-7H,1H3,(H,15,16,21). The average Bonchev–Trinajstić information content (AvgIpc) is 3.19. The molecule has 3 rings (SSSR count). The fourth-order valence-corrected chi connectivity index (χ4v) is 2.48. The van der Waals surface area contributed by atoms with Crippen LogP contribution >= 0.6 is 11.3 Å². The van der Waals surface area contributed by atoms with Crippen LogP contribution in [0.5, 0.6) is 0 Å². The van der Waals surface area contributed by atoms with E-state index in [-0.39, 0.29) is 11.7 Å². The molecule has 0 saturated heterocycles. The van der Waals surface area contributed by atoms with Crippen LogP contribution in [0.25, 0.3) is 5.69 Å². The molecule has 9 heteroatoms. The molecule has 0 fully saturated rings. The van der Waals surface area contributed by atoms with E-state index in [9.17, 15) is 9.59 Å².